The van der Waals surface area contributed by atoms with Crippen LogP contribution in [0.3, 0.4) is 0 Å². The second-order valence-electron chi connectivity index (χ2n) is 4.21. The molecular formula is C12H13F4NO. The van der Waals surface area contributed by atoms with Crippen LogP contribution in [0.4, 0.5) is 17.6 Å². The van der Waals surface area contributed by atoms with E-state index < -0.39 is 23.5 Å². The van der Waals surface area contributed by atoms with E-state index in [1.54, 1.807) is 13.8 Å². The fourth-order valence-electron chi connectivity index (χ4n) is 1.46. The summed E-state index contributed by atoms with van der Waals surface area (Å²) >= 11 is 0. The molecule has 1 N–H and O–H groups in total. The van der Waals surface area contributed by atoms with Gasteiger partial charge in [-0.2, -0.15) is 13.2 Å². The molecule has 0 bridgehead atoms. The lowest BCUT2D eigenvalue weighted by Gasteiger charge is -2.11. The predicted octanol–water partition coefficient (Wildman–Crippen LogP) is 2.91. The largest absolute Gasteiger partial charge is 0.419 e. The van der Waals surface area contributed by atoms with Crippen LogP contribution < -0.4 is 5.32 Å². The standard InChI is InChI=1S/C12H13F4NO/c1-7(2)17-11(18)6-8-3-4-10(13)9(5-8)12(14,15)16/h3-5,7H,6H2,1-2H3,(H,17,18). The molecule has 0 aliphatic carbocycles. The quantitative estimate of drug-likeness (QED) is 0.835. The van der Waals surface area contributed by atoms with Gasteiger partial charge in [-0.3, -0.25) is 4.79 Å². The molecule has 18 heavy (non-hydrogen) atoms. The van der Waals surface area contributed by atoms with Gasteiger partial charge in [-0.15, -0.1) is 0 Å². The van der Waals surface area contributed by atoms with Crippen LogP contribution in [-0.4, -0.2) is 11.9 Å². The lowest BCUT2D eigenvalue weighted by atomic mass is 10.1. The summed E-state index contributed by atoms with van der Waals surface area (Å²) in [6, 6.07) is 2.46. The van der Waals surface area contributed by atoms with E-state index in [4.69, 9.17) is 0 Å². The summed E-state index contributed by atoms with van der Waals surface area (Å²) in [4.78, 5) is 11.4. The molecule has 1 aromatic carbocycles. The normalized spacial score (nSPS) is 11.7. The van der Waals surface area contributed by atoms with Gasteiger partial charge in [0, 0.05) is 6.04 Å². The van der Waals surface area contributed by atoms with Crippen LogP contribution in [0.1, 0.15) is 25.0 Å². The van der Waals surface area contributed by atoms with Crippen LogP contribution in [0, 0.1) is 5.82 Å². The summed E-state index contributed by atoms with van der Waals surface area (Å²) in [7, 11) is 0. The fourth-order valence-corrected chi connectivity index (χ4v) is 1.46. The lowest BCUT2D eigenvalue weighted by molar-refractivity contribution is -0.140. The maximum atomic E-state index is 13.0. The third-order valence-corrected chi connectivity index (χ3v) is 2.15. The number of rotatable bonds is 3. The van der Waals surface area contributed by atoms with Crippen molar-refractivity contribution in [3.8, 4) is 0 Å². The third kappa shape index (κ3) is 4.01. The number of carbonyl (C=O) groups is 1. The Morgan fingerprint density at radius 2 is 1.94 bits per heavy atom. The van der Waals surface area contributed by atoms with E-state index in [9.17, 15) is 22.4 Å². The van der Waals surface area contributed by atoms with Crippen molar-refractivity contribution in [2.24, 2.45) is 0 Å². The molecule has 0 spiro atoms. The van der Waals surface area contributed by atoms with Gasteiger partial charge in [-0.05, 0) is 31.5 Å². The highest BCUT2D eigenvalue weighted by molar-refractivity contribution is 5.78. The van der Waals surface area contributed by atoms with Gasteiger partial charge in [0.05, 0.1) is 12.0 Å². The third-order valence-electron chi connectivity index (χ3n) is 2.15. The van der Waals surface area contributed by atoms with Crippen LogP contribution in [-0.2, 0) is 17.4 Å². The highest BCUT2D eigenvalue weighted by Crippen LogP contribution is 2.31. The summed E-state index contributed by atoms with van der Waals surface area (Å²) in [5.41, 5.74) is -1.22. The van der Waals surface area contributed by atoms with Gasteiger partial charge in [0.1, 0.15) is 5.82 Å². The number of carbonyl (C=O) groups excluding carboxylic acids is 1. The lowest BCUT2D eigenvalue weighted by Crippen LogP contribution is -2.31. The zero-order valence-electron chi connectivity index (χ0n) is 9.94. The molecule has 0 atom stereocenters. The minimum absolute atomic E-state index is 0.0972. The van der Waals surface area contributed by atoms with E-state index in [-0.39, 0.29) is 18.0 Å². The smallest absolute Gasteiger partial charge is 0.354 e. The Bertz CT molecular complexity index is 440. The van der Waals surface area contributed by atoms with Crippen molar-refractivity contribution in [1.29, 1.82) is 0 Å². The predicted molar refractivity (Wildman–Crippen MR) is 58.4 cm³/mol. The van der Waals surface area contributed by atoms with E-state index in [1.165, 1.54) is 6.07 Å². The van der Waals surface area contributed by atoms with E-state index >= 15 is 0 Å². The van der Waals surface area contributed by atoms with Crippen molar-refractivity contribution in [3.63, 3.8) is 0 Å². The molecule has 6 heteroatoms. The first-order valence-electron chi connectivity index (χ1n) is 5.35. The van der Waals surface area contributed by atoms with Crippen LogP contribution in [0.2, 0.25) is 0 Å². The molecule has 1 rings (SSSR count). The molecule has 0 heterocycles. The number of hydrogen-bond donors (Lipinski definition) is 1. The average molecular weight is 263 g/mol. The topological polar surface area (TPSA) is 29.1 Å². The van der Waals surface area contributed by atoms with Gasteiger partial charge in [-0.25, -0.2) is 4.39 Å². The maximum Gasteiger partial charge on any atom is 0.419 e. The first kappa shape index (κ1) is 14.5. The van der Waals surface area contributed by atoms with E-state index in [0.29, 0.717) is 6.07 Å². The summed E-state index contributed by atoms with van der Waals surface area (Å²) in [6.07, 6.45) is -4.96. The average Bonchev–Trinajstić information content (AvgIpc) is 2.17. The summed E-state index contributed by atoms with van der Waals surface area (Å²) in [5.74, 6) is -1.74. The molecule has 1 aromatic rings. The Morgan fingerprint density at radius 1 is 1.33 bits per heavy atom. The van der Waals surface area contributed by atoms with Crippen LogP contribution in [0.25, 0.3) is 0 Å². The number of benzene rings is 1. The Morgan fingerprint density at radius 3 is 2.44 bits per heavy atom. The summed E-state index contributed by atoms with van der Waals surface area (Å²) in [6.45, 7) is 3.48. The summed E-state index contributed by atoms with van der Waals surface area (Å²) < 4.78 is 50.3. The molecule has 2 nitrogen and oxygen atoms in total. The molecule has 0 unspecified atom stereocenters. The van der Waals surface area contributed by atoms with Crippen LogP contribution in [0.5, 0.6) is 0 Å². The van der Waals surface area contributed by atoms with Crippen LogP contribution in [0.15, 0.2) is 18.2 Å². The maximum absolute atomic E-state index is 13.0. The first-order chi connectivity index (χ1) is 8.20. The van der Waals surface area contributed by atoms with Crippen molar-refractivity contribution < 1.29 is 22.4 Å². The Kier molecular flexibility index (Phi) is 4.32. The second-order valence-corrected chi connectivity index (χ2v) is 4.21. The first-order valence-corrected chi connectivity index (χ1v) is 5.35. The van der Waals surface area contributed by atoms with Crippen molar-refractivity contribution >= 4 is 5.91 Å². The van der Waals surface area contributed by atoms with Crippen molar-refractivity contribution in [2.45, 2.75) is 32.5 Å². The number of nitrogens with one attached hydrogen (secondary N) is 1. The Balaban J connectivity index is 2.89. The zero-order chi connectivity index (χ0) is 13.9. The highest BCUT2D eigenvalue weighted by Gasteiger charge is 2.34. The van der Waals surface area contributed by atoms with Gasteiger partial charge in [-0.1, -0.05) is 6.07 Å². The summed E-state index contributed by atoms with van der Waals surface area (Å²) in [5, 5.41) is 2.55. The number of amides is 1. The minimum Gasteiger partial charge on any atom is -0.354 e. The monoisotopic (exact) mass is 263 g/mol. The highest BCUT2D eigenvalue weighted by atomic mass is 19.4. The molecule has 0 radical (unpaired) electrons. The van der Waals surface area contributed by atoms with Gasteiger partial charge >= 0.3 is 6.18 Å². The second kappa shape index (κ2) is 5.37. The molecule has 0 aliphatic rings. The van der Waals surface area contributed by atoms with Gasteiger partial charge in [0.2, 0.25) is 5.91 Å². The van der Waals surface area contributed by atoms with E-state index in [1.807, 2.05) is 0 Å². The Hall–Kier alpha value is -1.59. The fraction of sp³-hybridized carbons (Fsp3) is 0.417. The minimum atomic E-state index is -4.76. The zero-order valence-corrected chi connectivity index (χ0v) is 9.94. The van der Waals surface area contributed by atoms with E-state index in [2.05, 4.69) is 5.32 Å². The molecule has 100 valence electrons. The molecular weight excluding hydrogens is 250 g/mol. The number of halogens is 4. The SMILES string of the molecule is CC(C)NC(=O)Cc1ccc(F)c(C(F)(F)F)c1. The van der Waals surface area contributed by atoms with Gasteiger partial charge in [0.25, 0.3) is 0 Å². The van der Waals surface area contributed by atoms with Gasteiger partial charge < -0.3 is 5.32 Å². The molecule has 1 amide bonds. The molecule has 0 aromatic heterocycles. The Labute approximate surface area is 102 Å². The van der Waals surface area contributed by atoms with Crippen molar-refractivity contribution in [3.05, 3.63) is 35.1 Å². The van der Waals surface area contributed by atoms with Crippen molar-refractivity contribution in [2.75, 3.05) is 0 Å². The van der Waals surface area contributed by atoms with Gasteiger partial charge in [0.15, 0.2) is 0 Å². The molecule has 0 aliphatic heterocycles. The molecule has 0 saturated carbocycles. The molecule has 0 saturated heterocycles. The number of hydrogen-bond acceptors (Lipinski definition) is 1. The van der Waals surface area contributed by atoms with E-state index in [0.717, 1.165) is 6.07 Å². The number of alkyl halides is 3. The van der Waals surface area contributed by atoms with Crippen molar-refractivity contribution in [1.82, 2.24) is 5.32 Å². The van der Waals surface area contributed by atoms with Crippen LogP contribution >= 0.6 is 0 Å². The molecule has 0 fully saturated rings.